The Bertz CT molecular complexity index is 1320. The highest BCUT2D eigenvalue weighted by atomic mass is 32.1. The molecule has 0 bridgehead atoms. The molecule has 7 nitrogen and oxygen atoms in total. The van der Waals surface area contributed by atoms with E-state index in [1.807, 2.05) is 23.9 Å². The molecular weight excluding hydrogens is 470 g/mol. The van der Waals surface area contributed by atoms with Gasteiger partial charge in [-0.05, 0) is 48.5 Å². The summed E-state index contributed by atoms with van der Waals surface area (Å²) < 4.78 is 28.4. The van der Waals surface area contributed by atoms with E-state index in [9.17, 15) is 13.6 Å². The second kappa shape index (κ2) is 9.53. The number of nitrogens with zero attached hydrogens (tertiary/aromatic N) is 6. The number of thiazole rings is 1. The van der Waals surface area contributed by atoms with Crippen LogP contribution in [0.25, 0.3) is 22.8 Å². The van der Waals surface area contributed by atoms with Gasteiger partial charge in [-0.1, -0.05) is 0 Å². The number of carbonyl (C=O) groups is 1. The molecule has 0 saturated carbocycles. The summed E-state index contributed by atoms with van der Waals surface area (Å²) in [5.41, 5.74) is 2.32. The Kier molecular flexibility index (Phi) is 6.29. The first-order chi connectivity index (χ1) is 16.9. The molecule has 3 heterocycles. The molecule has 0 atom stereocenters. The van der Waals surface area contributed by atoms with Crippen LogP contribution in [0.3, 0.4) is 0 Å². The van der Waals surface area contributed by atoms with Gasteiger partial charge in [0.05, 0.1) is 5.69 Å². The molecule has 180 valence electrons. The lowest BCUT2D eigenvalue weighted by Gasteiger charge is -2.20. The van der Waals surface area contributed by atoms with Crippen LogP contribution in [0.2, 0.25) is 0 Å². The first-order valence-electron chi connectivity index (χ1n) is 11.3. The van der Waals surface area contributed by atoms with Crippen LogP contribution in [0.15, 0.2) is 48.5 Å². The zero-order valence-corrected chi connectivity index (χ0v) is 20.2. The van der Waals surface area contributed by atoms with Crippen LogP contribution in [0, 0.1) is 11.6 Å². The third kappa shape index (κ3) is 4.93. The molecule has 2 aromatic heterocycles. The Morgan fingerprint density at radius 3 is 2.23 bits per heavy atom. The number of halogens is 2. The van der Waals surface area contributed by atoms with Crippen LogP contribution >= 0.6 is 11.3 Å². The fraction of sp³-hybridized carbons (Fsp3) is 0.280. The van der Waals surface area contributed by atoms with E-state index in [0.29, 0.717) is 42.3 Å². The number of hydrogen-bond donors (Lipinski definition) is 0. The number of carbonyl (C=O) groups excluding carboxylic acids is 1. The molecule has 5 rings (SSSR count). The molecule has 35 heavy (non-hydrogen) atoms. The summed E-state index contributed by atoms with van der Waals surface area (Å²) in [6, 6.07) is 11.8. The third-order valence-electron chi connectivity index (χ3n) is 5.89. The van der Waals surface area contributed by atoms with Gasteiger partial charge >= 0.3 is 0 Å². The zero-order chi connectivity index (χ0) is 24.5. The smallest absolute Gasteiger partial charge is 0.244 e. The van der Waals surface area contributed by atoms with Crippen molar-refractivity contribution in [2.24, 2.45) is 0 Å². The van der Waals surface area contributed by atoms with Crippen molar-refractivity contribution in [1.29, 1.82) is 0 Å². The molecule has 10 heteroatoms. The van der Waals surface area contributed by atoms with Gasteiger partial charge < -0.3 is 9.80 Å². The van der Waals surface area contributed by atoms with E-state index in [2.05, 4.69) is 10.1 Å². The van der Waals surface area contributed by atoms with Gasteiger partial charge in [-0.3, -0.25) is 4.79 Å². The Hall–Kier alpha value is -3.66. The third-order valence-corrected chi connectivity index (χ3v) is 7.22. The summed E-state index contributed by atoms with van der Waals surface area (Å²) in [6.07, 6.45) is 1.46. The highest BCUT2D eigenvalue weighted by Gasteiger charge is 2.24. The predicted octanol–water partition coefficient (Wildman–Crippen LogP) is 4.04. The van der Waals surface area contributed by atoms with Gasteiger partial charge in [-0.25, -0.2) is 23.4 Å². The van der Waals surface area contributed by atoms with Gasteiger partial charge in [-0.2, -0.15) is 0 Å². The molecule has 2 aromatic carbocycles. The maximum absolute atomic E-state index is 13.5. The lowest BCUT2D eigenvalue weighted by atomic mass is 10.2. The summed E-state index contributed by atoms with van der Waals surface area (Å²) >= 11 is 1.67. The molecular formula is C25H24F2N6OS. The lowest BCUT2D eigenvalue weighted by molar-refractivity contribution is -0.131. The fourth-order valence-corrected chi connectivity index (χ4v) is 5.02. The van der Waals surface area contributed by atoms with Crippen molar-refractivity contribution in [2.45, 2.75) is 19.4 Å². The minimum Gasteiger partial charge on any atom is -0.354 e. The zero-order valence-electron chi connectivity index (χ0n) is 19.4. The van der Waals surface area contributed by atoms with Crippen molar-refractivity contribution in [3.63, 3.8) is 0 Å². The molecule has 0 aliphatic carbocycles. The Balaban J connectivity index is 1.39. The number of hydrogen-bond acceptors (Lipinski definition) is 6. The molecule has 0 radical (unpaired) electrons. The Labute approximate surface area is 205 Å². The van der Waals surface area contributed by atoms with Crippen molar-refractivity contribution in [2.75, 3.05) is 32.1 Å². The molecule has 1 aliphatic rings. The molecule has 4 aromatic rings. The van der Waals surface area contributed by atoms with Gasteiger partial charge in [0.15, 0.2) is 16.8 Å². The first-order valence-corrected chi connectivity index (χ1v) is 12.1. The van der Waals surface area contributed by atoms with Gasteiger partial charge in [-0.15, -0.1) is 16.4 Å². The standard InChI is InChI=1S/C25H24F2N6OS/c1-31(2)25-28-20-11-13-32(14-12-21(20)35-25)22(34)15-33-24(17-5-9-19(27)10-6-17)29-23(30-33)16-3-7-18(26)8-4-16/h3-10H,11-15H2,1-2H3. The van der Waals surface area contributed by atoms with Crippen LogP contribution in [0.4, 0.5) is 13.9 Å². The normalized spacial score (nSPS) is 13.4. The fourth-order valence-electron chi connectivity index (χ4n) is 4.00. The van der Waals surface area contributed by atoms with Gasteiger partial charge in [0.2, 0.25) is 5.91 Å². The average Bonchev–Trinajstić information content (AvgIpc) is 3.39. The number of benzene rings is 2. The molecule has 1 aliphatic heterocycles. The maximum Gasteiger partial charge on any atom is 0.244 e. The van der Waals surface area contributed by atoms with Crippen LogP contribution < -0.4 is 4.90 Å². The van der Waals surface area contributed by atoms with Gasteiger partial charge in [0, 0.05) is 56.0 Å². The Morgan fingerprint density at radius 2 is 1.57 bits per heavy atom. The number of rotatable bonds is 5. The van der Waals surface area contributed by atoms with E-state index in [0.717, 1.165) is 17.2 Å². The van der Waals surface area contributed by atoms with Crippen LogP contribution in [0.1, 0.15) is 10.6 Å². The van der Waals surface area contributed by atoms with Crippen molar-refractivity contribution in [3.8, 4) is 22.8 Å². The van der Waals surface area contributed by atoms with E-state index < -0.39 is 0 Å². The lowest BCUT2D eigenvalue weighted by Crippen LogP contribution is -2.36. The molecule has 0 saturated heterocycles. The van der Waals surface area contributed by atoms with E-state index in [-0.39, 0.29) is 24.1 Å². The van der Waals surface area contributed by atoms with Crippen molar-refractivity contribution in [3.05, 3.63) is 70.7 Å². The quantitative estimate of drug-likeness (QED) is 0.419. The van der Waals surface area contributed by atoms with E-state index in [1.54, 1.807) is 35.6 Å². The van der Waals surface area contributed by atoms with Gasteiger partial charge in [0.1, 0.15) is 18.2 Å². The largest absolute Gasteiger partial charge is 0.354 e. The number of anilines is 1. The predicted molar refractivity (Wildman–Crippen MR) is 131 cm³/mol. The second-order valence-electron chi connectivity index (χ2n) is 8.57. The maximum atomic E-state index is 13.5. The first kappa shape index (κ1) is 23.1. The number of amides is 1. The van der Waals surface area contributed by atoms with E-state index in [1.165, 1.54) is 33.8 Å². The van der Waals surface area contributed by atoms with Gasteiger partial charge in [0.25, 0.3) is 0 Å². The average molecular weight is 495 g/mol. The molecule has 0 unspecified atom stereocenters. The second-order valence-corrected chi connectivity index (χ2v) is 9.63. The van der Waals surface area contributed by atoms with Crippen LogP contribution in [-0.2, 0) is 24.2 Å². The number of aromatic nitrogens is 4. The summed E-state index contributed by atoms with van der Waals surface area (Å²) in [4.78, 5) is 27.7. The monoisotopic (exact) mass is 494 g/mol. The van der Waals surface area contributed by atoms with Crippen molar-refractivity contribution >= 4 is 22.4 Å². The van der Waals surface area contributed by atoms with Crippen LogP contribution in [-0.4, -0.2) is 57.7 Å². The minimum absolute atomic E-state index is 0.00900. The topological polar surface area (TPSA) is 67.2 Å². The highest BCUT2D eigenvalue weighted by molar-refractivity contribution is 7.15. The molecule has 0 spiro atoms. The summed E-state index contributed by atoms with van der Waals surface area (Å²) in [5, 5.41) is 5.53. The SMILES string of the molecule is CN(C)c1nc2c(s1)CCN(C(=O)Cn1nc(-c3ccc(F)cc3)nc1-c1ccc(F)cc1)CC2. The highest BCUT2D eigenvalue weighted by Crippen LogP contribution is 2.28. The minimum atomic E-state index is -0.363. The summed E-state index contributed by atoms with van der Waals surface area (Å²) in [6.45, 7) is 1.17. The van der Waals surface area contributed by atoms with Crippen LogP contribution in [0.5, 0.6) is 0 Å². The summed E-state index contributed by atoms with van der Waals surface area (Å²) in [5.74, 6) is 0.0214. The molecule has 0 N–H and O–H groups in total. The van der Waals surface area contributed by atoms with E-state index >= 15 is 0 Å². The van der Waals surface area contributed by atoms with Crippen molar-refractivity contribution in [1.82, 2.24) is 24.6 Å². The van der Waals surface area contributed by atoms with E-state index in [4.69, 9.17) is 4.98 Å². The Morgan fingerprint density at radius 1 is 0.943 bits per heavy atom. The molecule has 1 amide bonds. The van der Waals surface area contributed by atoms with Crippen molar-refractivity contribution < 1.29 is 13.6 Å². The molecule has 0 fully saturated rings. The number of fused-ring (bicyclic) bond motifs is 1. The summed E-state index contributed by atoms with van der Waals surface area (Å²) in [7, 11) is 3.95.